The number of aromatic nitrogens is 1. The number of pyridine rings is 1. The van der Waals surface area contributed by atoms with Crippen LogP contribution in [0.4, 0.5) is 5.69 Å². The molecule has 6 N–H and O–H groups in total. The third-order valence-electron chi connectivity index (χ3n) is 4.45. The van der Waals surface area contributed by atoms with Gasteiger partial charge in [0, 0.05) is 18.9 Å². The number of hydrazone groups is 1. The zero-order chi connectivity index (χ0) is 22.9. The minimum Gasteiger partial charge on any atom is -0.478 e. The number of rotatable bonds is 7. The van der Waals surface area contributed by atoms with Gasteiger partial charge in [0.2, 0.25) is 11.1 Å². The Morgan fingerprint density at radius 1 is 1.09 bits per heavy atom. The van der Waals surface area contributed by atoms with Crippen molar-refractivity contribution in [1.29, 1.82) is 0 Å². The standard InChI is InChI=1S/C22H22N6O3S/c23-27-22(28(24)19-8-6-16(7-9-19)21(30)31)32-14-20(29)26-12-15-3-1-4-17(11-15)18-5-2-10-25-13-18/h1-11,13H,12,14,23-24H2,(H,26,29)(H,30,31)/b27-22+. The van der Waals surface area contributed by atoms with Crippen molar-refractivity contribution >= 4 is 34.5 Å². The van der Waals surface area contributed by atoms with Gasteiger partial charge in [-0.2, -0.15) is 5.10 Å². The molecule has 3 rings (SSSR count). The van der Waals surface area contributed by atoms with E-state index in [1.807, 2.05) is 36.4 Å². The number of hydrazine groups is 1. The molecule has 1 heterocycles. The fraction of sp³-hybridized carbons (Fsp3) is 0.0909. The number of anilines is 1. The van der Waals surface area contributed by atoms with E-state index in [4.69, 9.17) is 16.8 Å². The van der Waals surface area contributed by atoms with Crippen LogP contribution in [0.25, 0.3) is 11.1 Å². The van der Waals surface area contributed by atoms with Gasteiger partial charge in [0.05, 0.1) is 17.0 Å². The topological polar surface area (TPSA) is 147 Å². The van der Waals surface area contributed by atoms with Gasteiger partial charge in [-0.1, -0.05) is 36.0 Å². The van der Waals surface area contributed by atoms with Crippen molar-refractivity contribution in [3.8, 4) is 11.1 Å². The SMILES string of the molecule is N/N=C(/SCC(=O)NCc1cccc(-c2cccnc2)c1)N(N)c1ccc(C(=O)O)cc1. The number of nitrogens with two attached hydrogens (primary N) is 2. The van der Waals surface area contributed by atoms with Crippen LogP contribution in [0, 0.1) is 0 Å². The number of hydrogen-bond donors (Lipinski definition) is 4. The van der Waals surface area contributed by atoms with E-state index in [0.29, 0.717) is 12.2 Å². The molecule has 0 aliphatic carbocycles. The molecule has 0 spiro atoms. The Bertz CT molecular complexity index is 1110. The molecule has 0 unspecified atom stereocenters. The summed E-state index contributed by atoms with van der Waals surface area (Å²) in [6, 6.07) is 17.6. The second-order valence-corrected chi connectivity index (χ2v) is 7.58. The van der Waals surface area contributed by atoms with Gasteiger partial charge in [0.25, 0.3) is 0 Å². The Hall–Kier alpha value is -3.89. The number of carboxylic acid groups (broad SMARTS) is 1. The molecule has 1 amide bonds. The summed E-state index contributed by atoms with van der Waals surface area (Å²) in [6.45, 7) is 0.367. The van der Waals surface area contributed by atoms with Gasteiger partial charge >= 0.3 is 5.97 Å². The summed E-state index contributed by atoms with van der Waals surface area (Å²) < 4.78 is 0. The fourth-order valence-corrected chi connectivity index (χ4v) is 3.50. The average molecular weight is 451 g/mol. The smallest absolute Gasteiger partial charge is 0.335 e. The number of benzene rings is 2. The van der Waals surface area contributed by atoms with E-state index >= 15 is 0 Å². The molecule has 0 radical (unpaired) electrons. The zero-order valence-electron chi connectivity index (χ0n) is 17.0. The van der Waals surface area contributed by atoms with E-state index < -0.39 is 5.97 Å². The van der Waals surface area contributed by atoms with Crippen molar-refractivity contribution in [3.05, 3.63) is 84.2 Å². The number of aromatic carboxylic acids is 1. The predicted molar refractivity (Wildman–Crippen MR) is 126 cm³/mol. The summed E-state index contributed by atoms with van der Waals surface area (Å²) in [7, 11) is 0. The highest BCUT2D eigenvalue weighted by Gasteiger charge is 2.14. The highest BCUT2D eigenvalue weighted by atomic mass is 32.2. The van der Waals surface area contributed by atoms with Crippen LogP contribution in [0.5, 0.6) is 0 Å². The molecule has 0 aliphatic heterocycles. The molecular weight excluding hydrogens is 428 g/mol. The maximum atomic E-state index is 12.3. The first-order valence-electron chi connectivity index (χ1n) is 9.53. The Morgan fingerprint density at radius 2 is 1.84 bits per heavy atom. The third kappa shape index (κ3) is 6.06. The fourth-order valence-electron chi connectivity index (χ4n) is 2.82. The molecule has 1 aromatic heterocycles. The first-order chi connectivity index (χ1) is 15.5. The van der Waals surface area contributed by atoms with Crippen molar-refractivity contribution in [1.82, 2.24) is 10.3 Å². The lowest BCUT2D eigenvalue weighted by Crippen LogP contribution is -2.37. The van der Waals surface area contributed by atoms with Crippen LogP contribution in [0.1, 0.15) is 15.9 Å². The van der Waals surface area contributed by atoms with E-state index in [1.165, 1.54) is 29.3 Å². The van der Waals surface area contributed by atoms with Gasteiger partial charge in [0.1, 0.15) is 0 Å². The van der Waals surface area contributed by atoms with Crippen molar-refractivity contribution in [2.45, 2.75) is 6.54 Å². The van der Waals surface area contributed by atoms with Gasteiger partial charge in [-0.3, -0.25) is 14.8 Å². The number of carbonyl (C=O) groups excluding carboxylic acids is 1. The first kappa shape index (κ1) is 22.8. The van der Waals surface area contributed by atoms with Crippen LogP contribution in [0.3, 0.4) is 0 Å². The average Bonchev–Trinajstić information content (AvgIpc) is 2.83. The number of nitrogens with zero attached hydrogens (tertiary/aromatic N) is 3. The monoisotopic (exact) mass is 450 g/mol. The van der Waals surface area contributed by atoms with E-state index in [9.17, 15) is 9.59 Å². The van der Waals surface area contributed by atoms with Crippen LogP contribution >= 0.6 is 11.8 Å². The zero-order valence-corrected chi connectivity index (χ0v) is 17.8. The number of amidine groups is 1. The largest absolute Gasteiger partial charge is 0.478 e. The van der Waals surface area contributed by atoms with Crippen LogP contribution in [-0.2, 0) is 11.3 Å². The third-order valence-corrected chi connectivity index (χ3v) is 5.42. The molecule has 2 aromatic carbocycles. The number of carboxylic acids is 1. The van der Waals surface area contributed by atoms with E-state index in [-0.39, 0.29) is 22.4 Å². The molecule has 0 bridgehead atoms. The number of amides is 1. The van der Waals surface area contributed by atoms with E-state index in [2.05, 4.69) is 15.4 Å². The summed E-state index contributed by atoms with van der Waals surface area (Å²) in [6.07, 6.45) is 3.51. The van der Waals surface area contributed by atoms with Crippen LogP contribution in [0.2, 0.25) is 0 Å². The maximum absolute atomic E-state index is 12.3. The molecule has 164 valence electrons. The van der Waals surface area contributed by atoms with E-state index in [0.717, 1.165) is 28.5 Å². The highest BCUT2D eigenvalue weighted by Crippen LogP contribution is 2.20. The Labute approximate surface area is 189 Å². The minimum absolute atomic E-state index is 0.0548. The van der Waals surface area contributed by atoms with Gasteiger partial charge in [-0.15, -0.1) is 0 Å². The second-order valence-electron chi connectivity index (χ2n) is 6.64. The van der Waals surface area contributed by atoms with Gasteiger partial charge in [-0.05, 0) is 53.1 Å². The van der Waals surface area contributed by atoms with Gasteiger partial charge < -0.3 is 16.3 Å². The molecule has 9 nitrogen and oxygen atoms in total. The lowest BCUT2D eigenvalue weighted by atomic mass is 10.0. The minimum atomic E-state index is -1.04. The normalized spacial score (nSPS) is 11.1. The molecule has 0 fully saturated rings. The molecule has 0 saturated carbocycles. The number of nitrogens with one attached hydrogen (secondary N) is 1. The van der Waals surface area contributed by atoms with Crippen LogP contribution in [-0.4, -0.2) is 32.9 Å². The number of thioether (sulfide) groups is 1. The summed E-state index contributed by atoms with van der Waals surface area (Å²) in [5, 5.41) is 16.9. The Balaban J connectivity index is 1.53. The number of carbonyl (C=O) groups is 2. The molecule has 32 heavy (non-hydrogen) atoms. The molecule has 0 aliphatic rings. The summed E-state index contributed by atoms with van der Waals surface area (Å²) >= 11 is 1.07. The second kappa shape index (κ2) is 10.9. The Morgan fingerprint density at radius 3 is 2.50 bits per heavy atom. The van der Waals surface area contributed by atoms with Crippen molar-refractivity contribution in [3.63, 3.8) is 0 Å². The quantitative estimate of drug-likeness (QED) is 0.186. The number of hydrogen-bond acceptors (Lipinski definition) is 7. The molecule has 0 saturated heterocycles. The lowest BCUT2D eigenvalue weighted by Gasteiger charge is -2.19. The summed E-state index contributed by atoms with van der Waals surface area (Å²) in [5.74, 6) is 10.3. The van der Waals surface area contributed by atoms with Crippen molar-refractivity contribution in [2.24, 2.45) is 16.8 Å². The maximum Gasteiger partial charge on any atom is 0.335 e. The summed E-state index contributed by atoms with van der Waals surface area (Å²) in [5.41, 5.74) is 3.59. The molecule has 10 heteroatoms. The van der Waals surface area contributed by atoms with Crippen LogP contribution in [0.15, 0.2) is 78.2 Å². The Kier molecular flexibility index (Phi) is 7.79. The van der Waals surface area contributed by atoms with Crippen LogP contribution < -0.4 is 22.0 Å². The van der Waals surface area contributed by atoms with Gasteiger partial charge in [0.15, 0.2) is 0 Å². The molecular formula is C22H22N6O3S. The van der Waals surface area contributed by atoms with Crippen molar-refractivity contribution in [2.75, 3.05) is 10.8 Å². The lowest BCUT2D eigenvalue weighted by molar-refractivity contribution is -0.118. The summed E-state index contributed by atoms with van der Waals surface area (Å²) in [4.78, 5) is 27.4. The van der Waals surface area contributed by atoms with E-state index in [1.54, 1.807) is 12.4 Å². The van der Waals surface area contributed by atoms with Crippen molar-refractivity contribution < 1.29 is 14.7 Å². The molecule has 0 atom stereocenters. The first-order valence-corrected chi connectivity index (χ1v) is 10.5. The molecule has 3 aromatic rings. The highest BCUT2D eigenvalue weighted by molar-refractivity contribution is 8.14. The predicted octanol–water partition coefficient (Wildman–Crippen LogP) is 2.41. The van der Waals surface area contributed by atoms with Gasteiger partial charge in [-0.25, -0.2) is 10.6 Å².